The smallest absolute Gasteiger partial charge is 0.328 e. The lowest BCUT2D eigenvalue weighted by atomic mass is 9.83. The lowest BCUT2D eigenvalue weighted by Gasteiger charge is -2.44. The summed E-state index contributed by atoms with van der Waals surface area (Å²) in [7, 11) is 1.50. The van der Waals surface area contributed by atoms with Crippen LogP contribution >= 0.6 is 0 Å². The average molecular weight is 491 g/mol. The number of carboxylic acid groups (broad SMARTS) is 1. The second-order valence-corrected chi connectivity index (χ2v) is 9.24. The monoisotopic (exact) mass is 490 g/mol. The molecule has 0 aromatic heterocycles. The van der Waals surface area contributed by atoms with E-state index in [0.29, 0.717) is 17.7 Å². The van der Waals surface area contributed by atoms with Gasteiger partial charge in [-0.25, -0.2) is 18.0 Å². The van der Waals surface area contributed by atoms with Gasteiger partial charge in [0.1, 0.15) is 23.1 Å². The van der Waals surface area contributed by atoms with Gasteiger partial charge in [-0.15, -0.1) is 0 Å². The van der Waals surface area contributed by atoms with Crippen molar-refractivity contribution in [3.8, 4) is 5.75 Å². The molecule has 35 heavy (non-hydrogen) atoms. The number of carbonyl (C=O) groups excluding carboxylic acids is 1. The molecular weight excluding hydrogens is 461 g/mol. The van der Waals surface area contributed by atoms with Gasteiger partial charge in [-0.1, -0.05) is 6.07 Å². The number of fused-ring (bicyclic) bond motifs is 1. The van der Waals surface area contributed by atoms with Crippen LogP contribution in [0, 0.1) is 11.6 Å². The number of halogens is 3. The number of nitrogens with one attached hydrogen (secondary N) is 1. The molecule has 1 aliphatic heterocycles. The second kappa shape index (κ2) is 10.5. The number of amides is 1. The fourth-order valence-corrected chi connectivity index (χ4v) is 4.34. The molecule has 6 nitrogen and oxygen atoms in total. The molecule has 3 rings (SSSR count). The quantitative estimate of drug-likeness (QED) is 0.541. The maximum absolute atomic E-state index is 15.4. The van der Waals surface area contributed by atoms with Gasteiger partial charge in [-0.3, -0.25) is 9.69 Å². The fraction of sp³-hybridized carbons (Fsp3) is 0.385. The van der Waals surface area contributed by atoms with E-state index in [1.165, 1.54) is 20.9 Å². The third kappa shape index (κ3) is 6.42. The van der Waals surface area contributed by atoms with Crippen LogP contribution < -0.4 is 10.1 Å². The molecule has 0 fully saturated rings. The van der Waals surface area contributed by atoms with Gasteiger partial charge in [0.05, 0.1) is 6.04 Å². The normalized spacial score (nSPS) is 18.4. The van der Waals surface area contributed by atoms with Crippen LogP contribution in [0.2, 0.25) is 0 Å². The molecule has 0 bridgehead atoms. The Morgan fingerprint density at radius 3 is 2.46 bits per heavy atom. The highest BCUT2D eigenvalue weighted by Crippen LogP contribution is 2.42. The molecule has 0 radical (unpaired) electrons. The van der Waals surface area contributed by atoms with Crippen LogP contribution in [0.3, 0.4) is 0 Å². The first-order valence-electron chi connectivity index (χ1n) is 11.2. The van der Waals surface area contributed by atoms with E-state index < -0.39 is 29.3 Å². The van der Waals surface area contributed by atoms with Crippen LogP contribution in [0.15, 0.2) is 36.4 Å². The Bertz CT molecular complexity index is 1120. The van der Waals surface area contributed by atoms with E-state index >= 15 is 8.78 Å². The molecule has 0 saturated carbocycles. The highest BCUT2D eigenvalue weighted by Gasteiger charge is 2.39. The van der Waals surface area contributed by atoms with E-state index in [1.54, 1.807) is 23.1 Å². The number of nitrogens with zero attached hydrogens (tertiary/aromatic N) is 1. The van der Waals surface area contributed by atoms with E-state index in [1.807, 2.05) is 6.92 Å². The van der Waals surface area contributed by atoms with E-state index in [0.717, 1.165) is 29.8 Å². The maximum Gasteiger partial charge on any atom is 0.328 e. The van der Waals surface area contributed by atoms with Crippen molar-refractivity contribution in [2.75, 3.05) is 20.2 Å². The van der Waals surface area contributed by atoms with Crippen molar-refractivity contribution in [2.45, 2.75) is 44.9 Å². The Hall–Kier alpha value is -3.33. The summed E-state index contributed by atoms with van der Waals surface area (Å²) in [6, 6.07) is 5.98. The molecular formula is C26H29F3N2O4. The number of aliphatic carboxylic acids is 1. The number of carboxylic acids is 1. The van der Waals surface area contributed by atoms with Crippen LogP contribution in [0.25, 0.3) is 6.08 Å². The minimum Gasteiger partial charge on any atom is -0.484 e. The van der Waals surface area contributed by atoms with Gasteiger partial charge in [-0.05, 0) is 74.2 Å². The lowest BCUT2D eigenvalue weighted by molar-refractivity contribution is -0.131. The number of hydrogen-bond donors (Lipinski definition) is 2. The number of alkyl halides is 1. The Kier molecular flexibility index (Phi) is 7.90. The van der Waals surface area contributed by atoms with Gasteiger partial charge in [-0.2, -0.15) is 0 Å². The number of hydrogen-bond acceptors (Lipinski definition) is 4. The molecule has 9 heteroatoms. The molecule has 2 unspecified atom stereocenters. The fourth-order valence-electron chi connectivity index (χ4n) is 4.34. The van der Waals surface area contributed by atoms with Gasteiger partial charge < -0.3 is 15.2 Å². The van der Waals surface area contributed by atoms with Crippen molar-refractivity contribution in [2.24, 2.45) is 0 Å². The first-order valence-corrected chi connectivity index (χ1v) is 11.2. The van der Waals surface area contributed by atoms with Crippen LogP contribution in [0.1, 0.15) is 49.1 Å². The predicted molar refractivity (Wildman–Crippen MR) is 126 cm³/mol. The maximum atomic E-state index is 15.4. The van der Waals surface area contributed by atoms with Gasteiger partial charge >= 0.3 is 5.97 Å². The third-order valence-electron chi connectivity index (χ3n) is 5.82. The molecule has 188 valence electrons. The zero-order valence-electron chi connectivity index (χ0n) is 20.1. The Morgan fingerprint density at radius 1 is 1.23 bits per heavy atom. The Balaban J connectivity index is 2.10. The van der Waals surface area contributed by atoms with E-state index in [4.69, 9.17) is 9.84 Å². The number of carbonyl (C=O) groups is 2. The summed E-state index contributed by atoms with van der Waals surface area (Å²) < 4.78 is 51.0. The van der Waals surface area contributed by atoms with E-state index in [9.17, 15) is 14.0 Å². The zero-order valence-corrected chi connectivity index (χ0v) is 20.1. The van der Waals surface area contributed by atoms with Crippen molar-refractivity contribution >= 4 is 18.0 Å². The van der Waals surface area contributed by atoms with Crippen molar-refractivity contribution in [3.63, 3.8) is 0 Å². The first kappa shape index (κ1) is 26.3. The minimum atomic E-state index is -1.63. The number of benzene rings is 2. The molecule has 0 aliphatic carbocycles. The van der Waals surface area contributed by atoms with Crippen molar-refractivity contribution in [1.29, 1.82) is 0 Å². The summed E-state index contributed by atoms with van der Waals surface area (Å²) in [5, 5.41) is 11.3. The highest BCUT2D eigenvalue weighted by atomic mass is 19.1. The van der Waals surface area contributed by atoms with Crippen molar-refractivity contribution in [3.05, 3.63) is 70.3 Å². The topological polar surface area (TPSA) is 78.9 Å². The van der Waals surface area contributed by atoms with E-state index in [2.05, 4.69) is 5.32 Å². The third-order valence-corrected chi connectivity index (χ3v) is 5.82. The number of ether oxygens (including phenoxy) is 1. The van der Waals surface area contributed by atoms with Gasteiger partial charge in [0, 0.05) is 31.3 Å². The van der Waals surface area contributed by atoms with Crippen LogP contribution in [-0.4, -0.2) is 53.8 Å². The van der Waals surface area contributed by atoms with Crippen molar-refractivity contribution < 1.29 is 32.6 Å². The van der Waals surface area contributed by atoms with Gasteiger partial charge in [0.2, 0.25) is 0 Å². The highest BCUT2D eigenvalue weighted by molar-refractivity contribution is 5.85. The van der Waals surface area contributed by atoms with Crippen LogP contribution in [0.4, 0.5) is 13.2 Å². The molecule has 1 heterocycles. The summed E-state index contributed by atoms with van der Waals surface area (Å²) >= 11 is 0. The zero-order chi connectivity index (χ0) is 25.9. The molecule has 2 aromatic carbocycles. The Labute approximate surface area is 202 Å². The molecule has 1 amide bonds. The Morgan fingerprint density at radius 2 is 1.89 bits per heavy atom. The summed E-state index contributed by atoms with van der Waals surface area (Å²) in [5.41, 5.74) is -0.429. The van der Waals surface area contributed by atoms with Crippen LogP contribution in [0.5, 0.6) is 5.75 Å². The largest absolute Gasteiger partial charge is 0.484 e. The minimum absolute atomic E-state index is 0.0607. The second-order valence-electron chi connectivity index (χ2n) is 9.24. The SMILES string of the molecule is CNC(=O)COc1ccc2c(c1)CC(C)N(CC(C)(C)F)C2c1c(F)cc(/C=C/C(=O)O)cc1F. The van der Waals surface area contributed by atoms with Gasteiger partial charge in [0.25, 0.3) is 5.91 Å². The number of likely N-dealkylation sites (N-methyl/N-ethyl adjacent to an activating group) is 1. The first-order chi connectivity index (χ1) is 16.4. The molecule has 2 N–H and O–H groups in total. The van der Waals surface area contributed by atoms with Crippen molar-refractivity contribution in [1.82, 2.24) is 10.2 Å². The summed E-state index contributed by atoms with van der Waals surface area (Å²) in [5.74, 6) is -2.82. The van der Waals surface area contributed by atoms with Gasteiger partial charge in [0.15, 0.2) is 6.61 Å². The summed E-state index contributed by atoms with van der Waals surface area (Å²) in [6.45, 7) is 4.44. The van der Waals surface area contributed by atoms with Crippen LogP contribution in [-0.2, 0) is 16.0 Å². The number of rotatable bonds is 8. The molecule has 2 atom stereocenters. The van der Waals surface area contributed by atoms with E-state index in [-0.39, 0.29) is 36.2 Å². The summed E-state index contributed by atoms with van der Waals surface area (Å²) in [6.07, 6.45) is 2.39. The lowest BCUT2D eigenvalue weighted by Crippen LogP contribution is -2.48. The molecule has 0 saturated heterocycles. The molecule has 2 aromatic rings. The summed E-state index contributed by atoms with van der Waals surface area (Å²) in [4.78, 5) is 24.0. The molecule has 0 spiro atoms. The average Bonchev–Trinajstić information content (AvgIpc) is 2.76. The predicted octanol–water partition coefficient (Wildman–Crippen LogP) is 4.27. The molecule has 1 aliphatic rings. The standard InChI is InChI=1S/C26H29F3N2O4/c1-15-9-17-12-18(35-13-22(32)30-4)6-7-19(17)25(31(15)14-26(2,3)29)24-20(27)10-16(11-21(24)28)5-8-23(33)34/h5-8,10-12,15,25H,9,13-14H2,1-4H3,(H,30,32)(H,33,34)/b8-5+.